The fourth-order valence-electron chi connectivity index (χ4n) is 2.65. The van der Waals surface area contributed by atoms with Gasteiger partial charge in [0.25, 0.3) is 0 Å². The molecule has 2 aromatic heterocycles. The number of para-hydroxylation sites is 1. The molecule has 0 unspecified atom stereocenters. The molecule has 8 nitrogen and oxygen atoms in total. The maximum atomic E-state index is 12.3. The fourth-order valence-corrected chi connectivity index (χ4v) is 2.65. The van der Waals surface area contributed by atoms with E-state index in [0.717, 1.165) is 0 Å². The van der Waals surface area contributed by atoms with Crippen LogP contribution >= 0.6 is 0 Å². The van der Waals surface area contributed by atoms with Gasteiger partial charge in [0, 0.05) is 11.1 Å². The van der Waals surface area contributed by atoms with Gasteiger partial charge in [-0.25, -0.2) is 4.79 Å². The van der Waals surface area contributed by atoms with Gasteiger partial charge in [-0.1, -0.05) is 12.1 Å². The lowest BCUT2D eigenvalue weighted by molar-refractivity contribution is -0.116. The molecular weight excluding hydrogens is 324 g/mol. The summed E-state index contributed by atoms with van der Waals surface area (Å²) in [6.07, 6.45) is 1.19. The molecule has 0 aliphatic carbocycles. The summed E-state index contributed by atoms with van der Waals surface area (Å²) >= 11 is 0. The maximum absolute atomic E-state index is 12.3. The number of nitrogens with zero attached hydrogens (tertiary/aromatic N) is 2. The Kier molecular flexibility index (Phi) is 3.42. The Balaban J connectivity index is 1.60. The van der Waals surface area contributed by atoms with Crippen molar-refractivity contribution in [3.63, 3.8) is 0 Å². The van der Waals surface area contributed by atoms with Gasteiger partial charge in [0.05, 0.1) is 17.2 Å². The van der Waals surface area contributed by atoms with Crippen molar-refractivity contribution in [3.8, 4) is 0 Å². The quantitative estimate of drug-likeness (QED) is 0.589. The first-order chi connectivity index (χ1) is 12.1. The second-order valence-corrected chi connectivity index (χ2v) is 5.46. The van der Waals surface area contributed by atoms with E-state index in [-0.39, 0.29) is 17.9 Å². The number of carbonyl (C=O) groups excluding carboxylic acids is 1. The Hall–Kier alpha value is -3.68. The third-order valence-corrected chi connectivity index (χ3v) is 3.76. The van der Waals surface area contributed by atoms with Gasteiger partial charge in [-0.3, -0.25) is 19.3 Å². The number of oxazole rings is 1. The van der Waals surface area contributed by atoms with Gasteiger partial charge in [-0.05, 0) is 30.3 Å². The van der Waals surface area contributed by atoms with Crippen molar-refractivity contribution in [1.82, 2.24) is 14.8 Å². The van der Waals surface area contributed by atoms with Gasteiger partial charge in [0.15, 0.2) is 5.58 Å². The van der Waals surface area contributed by atoms with Crippen LogP contribution in [0.4, 0.5) is 5.69 Å². The normalized spacial score (nSPS) is 11.0. The average molecular weight is 336 g/mol. The third kappa shape index (κ3) is 2.80. The van der Waals surface area contributed by atoms with Crippen molar-refractivity contribution >= 4 is 33.6 Å². The molecule has 2 heterocycles. The minimum absolute atomic E-state index is 0.0548. The number of hydrogen-bond acceptors (Lipinski definition) is 5. The van der Waals surface area contributed by atoms with Crippen LogP contribution in [0.2, 0.25) is 0 Å². The Morgan fingerprint density at radius 2 is 2.04 bits per heavy atom. The molecule has 0 spiro atoms. The first-order valence-electron chi connectivity index (χ1n) is 7.48. The molecule has 4 rings (SSSR count). The highest BCUT2D eigenvalue weighted by Crippen LogP contribution is 2.16. The minimum atomic E-state index is -0.553. The minimum Gasteiger partial charge on any atom is -0.408 e. The number of fused-ring (bicyclic) bond motifs is 2. The van der Waals surface area contributed by atoms with Crippen LogP contribution in [0.25, 0.3) is 22.0 Å². The number of rotatable bonds is 3. The zero-order valence-electron chi connectivity index (χ0n) is 12.9. The average Bonchev–Trinajstić information content (AvgIpc) is 2.97. The van der Waals surface area contributed by atoms with Crippen molar-refractivity contribution in [3.05, 3.63) is 69.4 Å². The molecule has 4 aromatic rings. The van der Waals surface area contributed by atoms with Crippen molar-refractivity contribution in [2.75, 3.05) is 5.32 Å². The van der Waals surface area contributed by atoms with Gasteiger partial charge >= 0.3 is 5.76 Å². The zero-order valence-corrected chi connectivity index (χ0v) is 12.9. The molecule has 0 saturated heterocycles. The van der Waals surface area contributed by atoms with Gasteiger partial charge in [-0.2, -0.15) is 5.10 Å². The number of aromatic amines is 1. The summed E-state index contributed by atoms with van der Waals surface area (Å²) in [5.41, 5.74) is 1.81. The molecule has 0 atom stereocenters. The van der Waals surface area contributed by atoms with E-state index in [9.17, 15) is 14.4 Å². The van der Waals surface area contributed by atoms with E-state index in [2.05, 4.69) is 15.4 Å². The van der Waals surface area contributed by atoms with Crippen LogP contribution in [0.15, 0.2) is 62.7 Å². The van der Waals surface area contributed by atoms with Gasteiger partial charge in [0.1, 0.15) is 6.54 Å². The van der Waals surface area contributed by atoms with E-state index in [0.29, 0.717) is 27.7 Å². The second kappa shape index (κ2) is 5.75. The Bertz CT molecular complexity index is 1220. The summed E-state index contributed by atoms with van der Waals surface area (Å²) in [4.78, 5) is 37.8. The summed E-state index contributed by atoms with van der Waals surface area (Å²) in [5, 5.41) is 7.25. The van der Waals surface area contributed by atoms with E-state index in [1.165, 1.54) is 10.9 Å². The molecule has 124 valence electrons. The van der Waals surface area contributed by atoms with Crippen LogP contribution in [0, 0.1) is 0 Å². The van der Waals surface area contributed by atoms with Crippen molar-refractivity contribution < 1.29 is 9.21 Å². The molecule has 0 bridgehead atoms. The Morgan fingerprint density at radius 1 is 1.20 bits per heavy atom. The van der Waals surface area contributed by atoms with Crippen LogP contribution in [0.3, 0.4) is 0 Å². The van der Waals surface area contributed by atoms with Crippen LogP contribution in [-0.4, -0.2) is 20.7 Å². The highest BCUT2D eigenvalue weighted by Gasteiger charge is 2.09. The molecule has 0 aliphatic heterocycles. The molecule has 8 heteroatoms. The molecule has 0 fully saturated rings. The molecule has 25 heavy (non-hydrogen) atoms. The van der Waals surface area contributed by atoms with Crippen LogP contribution in [0.1, 0.15) is 0 Å². The molecule has 0 aliphatic rings. The van der Waals surface area contributed by atoms with E-state index in [1.54, 1.807) is 42.5 Å². The lowest BCUT2D eigenvalue weighted by Crippen LogP contribution is -2.22. The second-order valence-electron chi connectivity index (χ2n) is 5.46. The number of benzene rings is 2. The lowest BCUT2D eigenvalue weighted by Gasteiger charge is -2.09. The van der Waals surface area contributed by atoms with Crippen LogP contribution in [0.5, 0.6) is 0 Å². The van der Waals surface area contributed by atoms with E-state index in [4.69, 9.17) is 4.42 Å². The number of amides is 1. The number of carbonyl (C=O) groups is 1. The summed E-state index contributed by atoms with van der Waals surface area (Å²) in [5.74, 6) is -0.867. The zero-order chi connectivity index (χ0) is 17.4. The summed E-state index contributed by atoms with van der Waals surface area (Å²) < 4.78 is 6.38. The monoisotopic (exact) mass is 336 g/mol. The first-order valence-corrected chi connectivity index (χ1v) is 7.48. The van der Waals surface area contributed by atoms with Crippen molar-refractivity contribution in [1.29, 1.82) is 0 Å². The molecule has 0 radical (unpaired) electrons. The van der Waals surface area contributed by atoms with Crippen LogP contribution < -0.4 is 16.5 Å². The van der Waals surface area contributed by atoms with Crippen molar-refractivity contribution in [2.45, 2.75) is 6.54 Å². The van der Waals surface area contributed by atoms with Crippen LogP contribution in [-0.2, 0) is 11.3 Å². The Labute approximate surface area is 139 Å². The SMILES string of the molecule is O=C(Cn1ncc(=O)c2ccccc21)Nc1ccc2oc(=O)[nH]c2c1. The smallest absolute Gasteiger partial charge is 0.408 e. The fraction of sp³-hybridized carbons (Fsp3) is 0.0588. The molecule has 2 N–H and O–H groups in total. The summed E-state index contributed by atoms with van der Waals surface area (Å²) in [6, 6.07) is 11.8. The van der Waals surface area contributed by atoms with E-state index >= 15 is 0 Å². The van der Waals surface area contributed by atoms with E-state index < -0.39 is 5.76 Å². The first kappa shape index (κ1) is 14.9. The van der Waals surface area contributed by atoms with E-state index in [1.807, 2.05) is 0 Å². The van der Waals surface area contributed by atoms with Gasteiger partial charge in [-0.15, -0.1) is 0 Å². The highest BCUT2D eigenvalue weighted by atomic mass is 16.4. The molecular formula is C17H12N4O4. The number of nitrogens with one attached hydrogen (secondary N) is 2. The lowest BCUT2D eigenvalue weighted by atomic mass is 10.2. The highest BCUT2D eigenvalue weighted by molar-refractivity contribution is 5.93. The maximum Gasteiger partial charge on any atom is 0.417 e. The predicted molar refractivity (Wildman–Crippen MR) is 91.5 cm³/mol. The molecule has 1 amide bonds. The predicted octanol–water partition coefficient (Wildman–Crippen LogP) is 1.47. The number of H-pyrrole nitrogens is 1. The number of aromatic nitrogens is 3. The number of anilines is 1. The molecule has 2 aromatic carbocycles. The molecule has 0 saturated carbocycles. The van der Waals surface area contributed by atoms with Gasteiger partial charge < -0.3 is 9.73 Å². The summed E-state index contributed by atoms with van der Waals surface area (Å²) in [7, 11) is 0. The Morgan fingerprint density at radius 3 is 2.92 bits per heavy atom. The van der Waals surface area contributed by atoms with Gasteiger partial charge in [0.2, 0.25) is 11.3 Å². The third-order valence-electron chi connectivity index (χ3n) is 3.76. The standard InChI is InChI=1S/C17H12N4O4/c22-14-8-18-21(13-4-2-1-3-11(13)14)9-16(23)19-10-5-6-15-12(7-10)20-17(24)25-15/h1-8H,9H2,(H,19,23)(H,20,24). The van der Waals surface area contributed by atoms with Crippen molar-refractivity contribution in [2.24, 2.45) is 0 Å². The number of hydrogen-bond donors (Lipinski definition) is 2. The largest absolute Gasteiger partial charge is 0.417 e. The topological polar surface area (TPSA) is 110 Å². The summed E-state index contributed by atoms with van der Waals surface area (Å²) in [6.45, 7) is -0.0548.